The fourth-order valence-corrected chi connectivity index (χ4v) is 7.12. The van der Waals surface area contributed by atoms with Gasteiger partial charge in [0.05, 0.1) is 10.5 Å². The molecule has 0 unspecified atom stereocenters. The second-order valence-corrected chi connectivity index (χ2v) is 11.9. The molecule has 1 aromatic heterocycles. The van der Waals surface area contributed by atoms with E-state index in [1.54, 1.807) is 0 Å². The monoisotopic (exact) mass is 549 g/mol. The number of thiophene rings is 1. The summed E-state index contributed by atoms with van der Waals surface area (Å²) in [7, 11) is -3.66. The Bertz CT molecular complexity index is 1230. The summed E-state index contributed by atoms with van der Waals surface area (Å²) in [4.78, 5) is 40.7. The summed E-state index contributed by atoms with van der Waals surface area (Å²) in [6.45, 7) is 10.4. The molecule has 3 amide bonds. The molecule has 0 saturated heterocycles. The zero-order chi connectivity index (χ0) is 27.2. The summed E-state index contributed by atoms with van der Waals surface area (Å²) >= 11 is 1.34. The van der Waals surface area contributed by atoms with Crippen molar-refractivity contribution < 1.29 is 22.8 Å². The second-order valence-electron chi connectivity index (χ2n) is 8.84. The fraction of sp³-hybridized carbons (Fsp3) is 0.480. The lowest BCUT2D eigenvalue weighted by atomic mass is 10.0. The average molecular weight is 550 g/mol. The lowest BCUT2D eigenvalue weighted by Gasteiger charge is -2.25. The van der Waals surface area contributed by atoms with Crippen LogP contribution >= 0.6 is 11.3 Å². The number of hydrogen-bond donors (Lipinski definition) is 3. The molecule has 0 saturated carbocycles. The lowest BCUT2D eigenvalue weighted by Crippen LogP contribution is -2.41. The molecule has 0 aliphatic carbocycles. The third-order valence-corrected chi connectivity index (χ3v) is 9.13. The number of likely N-dealkylation sites (N-methyl/N-ethyl adjacent to an activating group) is 1. The smallest absolute Gasteiger partial charge is 0.272 e. The van der Waals surface area contributed by atoms with Gasteiger partial charge in [-0.15, -0.1) is 11.3 Å². The van der Waals surface area contributed by atoms with Gasteiger partial charge in [0, 0.05) is 43.5 Å². The molecule has 3 rings (SSSR count). The number of fused-ring (bicyclic) bond motifs is 1. The quantitative estimate of drug-likeness (QED) is 0.391. The number of anilines is 1. The molecule has 0 radical (unpaired) electrons. The molecule has 10 nitrogen and oxygen atoms in total. The van der Waals surface area contributed by atoms with E-state index in [0.29, 0.717) is 49.5 Å². The Morgan fingerprint density at radius 1 is 1.00 bits per heavy atom. The number of benzene rings is 1. The number of hydrogen-bond acceptors (Lipinski definition) is 7. The summed E-state index contributed by atoms with van der Waals surface area (Å²) < 4.78 is 27.5. The standard InChI is InChI=1S/C25H35N5O5S2/c1-5-13-30(14-6-2)37(34,35)19-10-8-18(9-11-19)23(32)26-25-22(24(33)28-27-17(4)31)20-12-15-29(7-3)16-21(20)36-25/h8-11H,5-7,12-16H2,1-4H3,(H,26,32)(H,27,31)(H,28,33). The van der Waals surface area contributed by atoms with Crippen LogP contribution in [-0.2, 0) is 27.8 Å². The molecule has 2 heterocycles. The van der Waals surface area contributed by atoms with Crippen LogP contribution in [0.4, 0.5) is 5.00 Å². The Hall–Kier alpha value is -2.80. The topological polar surface area (TPSA) is 128 Å². The SMILES string of the molecule is CCCN(CCC)S(=O)(=O)c1ccc(C(=O)Nc2sc3c(c2C(=O)NNC(C)=O)CCN(CC)C3)cc1. The van der Waals surface area contributed by atoms with Crippen LogP contribution in [0.5, 0.6) is 0 Å². The van der Waals surface area contributed by atoms with Crippen LogP contribution < -0.4 is 16.2 Å². The van der Waals surface area contributed by atoms with Crippen LogP contribution in [0, 0.1) is 0 Å². The number of carbonyl (C=O) groups excluding carboxylic acids is 3. The van der Waals surface area contributed by atoms with E-state index in [1.165, 1.54) is 46.8 Å². The van der Waals surface area contributed by atoms with Crippen molar-refractivity contribution in [3.05, 3.63) is 45.8 Å². The van der Waals surface area contributed by atoms with Gasteiger partial charge in [0.2, 0.25) is 15.9 Å². The van der Waals surface area contributed by atoms with Crippen molar-refractivity contribution >= 4 is 44.1 Å². The Kier molecular flexibility index (Phi) is 9.82. The molecule has 0 spiro atoms. The van der Waals surface area contributed by atoms with Gasteiger partial charge in [-0.25, -0.2) is 8.42 Å². The van der Waals surface area contributed by atoms with E-state index in [4.69, 9.17) is 0 Å². The molecule has 1 aromatic carbocycles. The number of nitrogens with one attached hydrogen (secondary N) is 3. The van der Waals surface area contributed by atoms with Crippen molar-refractivity contribution in [3.8, 4) is 0 Å². The van der Waals surface area contributed by atoms with Crippen LogP contribution in [0.1, 0.15) is 71.7 Å². The van der Waals surface area contributed by atoms with Gasteiger partial charge in [0.25, 0.3) is 11.8 Å². The Morgan fingerprint density at radius 2 is 1.65 bits per heavy atom. The largest absolute Gasteiger partial charge is 0.313 e. The molecule has 37 heavy (non-hydrogen) atoms. The Balaban J connectivity index is 1.86. The van der Waals surface area contributed by atoms with Crippen molar-refractivity contribution in [3.63, 3.8) is 0 Å². The zero-order valence-corrected chi connectivity index (χ0v) is 23.4. The Labute approximate surface area is 222 Å². The third-order valence-electron chi connectivity index (χ3n) is 6.09. The van der Waals surface area contributed by atoms with E-state index in [-0.39, 0.29) is 10.5 Å². The van der Waals surface area contributed by atoms with E-state index in [1.807, 2.05) is 13.8 Å². The molecule has 2 aromatic rings. The maximum Gasteiger partial charge on any atom is 0.272 e. The molecule has 3 N–H and O–H groups in total. The highest BCUT2D eigenvalue weighted by Gasteiger charge is 2.29. The van der Waals surface area contributed by atoms with E-state index in [2.05, 4.69) is 28.0 Å². The minimum absolute atomic E-state index is 0.132. The summed E-state index contributed by atoms with van der Waals surface area (Å²) in [6, 6.07) is 5.82. The van der Waals surface area contributed by atoms with Crippen molar-refractivity contribution in [2.45, 2.75) is 58.4 Å². The number of carbonyl (C=O) groups is 3. The van der Waals surface area contributed by atoms with Gasteiger partial charge < -0.3 is 5.32 Å². The highest BCUT2D eigenvalue weighted by Crippen LogP contribution is 2.37. The Morgan fingerprint density at radius 3 is 2.22 bits per heavy atom. The van der Waals surface area contributed by atoms with Crippen molar-refractivity contribution in [1.82, 2.24) is 20.1 Å². The highest BCUT2D eigenvalue weighted by atomic mass is 32.2. The number of sulfonamides is 1. The lowest BCUT2D eigenvalue weighted by molar-refractivity contribution is -0.119. The van der Waals surface area contributed by atoms with Gasteiger partial charge in [-0.3, -0.25) is 30.1 Å². The van der Waals surface area contributed by atoms with Crippen molar-refractivity contribution in [2.24, 2.45) is 0 Å². The second kappa shape index (κ2) is 12.6. The van der Waals surface area contributed by atoms with Gasteiger partial charge in [-0.05, 0) is 55.6 Å². The van der Waals surface area contributed by atoms with Gasteiger partial charge >= 0.3 is 0 Å². The highest BCUT2D eigenvalue weighted by molar-refractivity contribution is 7.89. The van der Waals surface area contributed by atoms with Crippen LogP contribution in [0.25, 0.3) is 0 Å². The first-order valence-electron chi connectivity index (χ1n) is 12.5. The summed E-state index contributed by atoms with van der Waals surface area (Å²) in [5.41, 5.74) is 6.17. The molecule has 1 aliphatic heterocycles. The van der Waals surface area contributed by atoms with Gasteiger partial charge in [0.1, 0.15) is 5.00 Å². The van der Waals surface area contributed by atoms with Crippen LogP contribution in [-0.4, -0.2) is 61.5 Å². The van der Waals surface area contributed by atoms with Gasteiger partial charge in [-0.1, -0.05) is 20.8 Å². The van der Waals surface area contributed by atoms with E-state index in [0.717, 1.165) is 23.5 Å². The van der Waals surface area contributed by atoms with Gasteiger partial charge in [-0.2, -0.15) is 4.31 Å². The zero-order valence-electron chi connectivity index (χ0n) is 21.7. The third kappa shape index (κ3) is 6.75. The summed E-state index contributed by atoms with van der Waals surface area (Å²) in [5.74, 6) is -1.37. The van der Waals surface area contributed by atoms with E-state index in [9.17, 15) is 22.8 Å². The number of nitrogens with zero attached hydrogens (tertiary/aromatic N) is 2. The molecule has 202 valence electrons. The average Bonchev–Trinajstić information content (AvgIpc) is 3.23. The number of amides is 3. The minimum Gasteiger partial charge on any atom is -0.313 e. The molecule has 0 fully saturated rings. The maximum atomic E-state index is 13.1. The minimum atomic E-state index is -3.66. The number of hydrazine groups is 1. The molecular formula is C25H35N5O5S2. The first kappa shape index (κ1) is 28.8. The molecule has 1 aliphatic rings. The predicted molar refractivity (Wildman–Crippen MR) is 144 cm³/mol. The molecule has 0 bridgehead atoms. The van der Waals surface area contributed by atoms with Crippen LogP contribution in [0.2, 0.25) is 0 Å². The normalized spacial score (nSPS) is 13.8. The van der Waals surface area contributed by atoms with E-state index >= 15 is 0 Å². The van der Waals surface area contributed by atoms with Crippen molar-refractivity contribution in [2.75, 3.05) is 31.5 Å². The number of rotatable bonds is 10. The van der Waals surface area contributed by atoms with Crippen LogP contribution in [0.3, 0.4) is 0 Å². The van der Waals surface area contributed by atoms with E-state index < -0.39 is 27.7 Å². The molecule has 0 atom stereocenters. The molecule has 12 heteroatoms. The maximum absolute atomic E-state index is 13.1. The summed E-state index contributed by atoms with van der Waals surface area (Å²) in [6.07, 6.45) is 2.06. The predicted octanol–water partition coefficient (Wildman–Crippen LogP) is 2.97. The van der Waals surface area contributed by atoms with Crippen molar-refractivity contribution in [1.29, 1.82) is 0 Å². The first-order valence-corrected chi connectivity index (χ1v) is 14.7. The summed E-state index contributed by atoms with van der Waals surface area (Å²) in [5, 5.41) is 3.23. The fourth-order valence-electron chi connectivity index (χ4n) is 4.22. The first-order chi connectivity index (χ1) is 17.6. The van der Waals surface area contributed by atoms with Gasteiger partial charge in [0.15, 0.2) is 0 Å². The molecular weight excluding hydrogens is 514 g/mol. The van der Waals surface area contributed by atoms with Crippen LogP contribution in [0.15, 0.2) is 29.2 Å².